The molecule has 0 spiro atoms. The maximum atomic E-state index is 15.3. The molecule has 4 amide bonds. The monoisotopic (exact) mass is 761 g/mol. The van der Waals surface area contributed by atoms with E-state index in [9.17, 15) is 47.6 Å². The second-order valence-corrected chi connectivity index (χ2v) is 14.1. The minimum Gasteiger partial charge on any atom is -0.507 e. The van der Waals surface area contributed by atoms with E-state index in [-0.39, 0.29) is 45.8 Å². The molecular formula is C35H22Cl2F5N3O7. The first kappa shape index (κ1) is 35.3. The number of halogens is 7. The molecule has 7 rings (SSSR count). The van der Waals surface area contributed by atoms with Crippen LogP contribution in [0.2, 0.25) is 0 Å². The van der Waals surface area contributed by atoms with Gasteiger partial charge < -0.3 is 5.11 Å². The molecule has 2 heterocycles. The molecule has 2 saturated heterocycles. The van der Waals surface area contributed by atoms with E-state index in [2.05, 4.69) is 6.58 Å². The number of carbonyl (C=O) groups excluding carboxylic acids is 4. The molecule has 0 bridgehead atoms. The number of carbonyl (C=O) groups is 4. The number of aromatic hydroxyl groups is 1. The van der Waals surface area contributed by atoms with E-state index in [1.165, 1.54) is 42.5 Å². The minimum absolute atomic E-state index is 0.00411. The molecule has 6 atom stereocenters. The van der Waals surface area contributed by atoms with Crippen molar-refractivity contribution < 1.29 is 51.2 Å². The zero-order chi connectivity index (χ0) is 37.8. The van der Waals surface area contributed by atoms with Crippen molar-refractivity contribution in [2.24, 2.45) is 17.8 Å². The molecule has 10 nitrogen and oxygen atoms in total. The number of alkyl halides is 2. The van der Waals surface area contributed by atoms with Crippen LogP contribution in [-0.4, -0.2) is 43.4 Å². The third-order valence-corrected chi connectivity index (χ3v) is 11.8. The van der Waals surface area contributed by atoms with E-state index >= 15 is 8.78 Å². The zero-order valence-electron chi connectivity index (χ0n) is 26.2. The van der Waals surface area contributed by atoms with Gasteiger partial charge in [-0.2, -0.15) is 0 Å². The van der Waals surface area contributed by atoms with Crippen LogP contribution in [0, 0.1) is 57.0 Å². The Hall–Kier alpha value is -5.15. The van der Waals surface area contributed by atoms with Crippen molar-refractivity contribution in [3.05, 3.63) is 117 Å². The van der Waals surface area contributed by atoms with Crippen LogP contribution in [0.15, 0.2) is 66.8 Å². The fourth-order valence-electron chi connectivity index (χ4n) is 8.05. The van der Waals surface area contributed by atoms with Crippen molar-refractivity contribution in [1.29, 1.82) is 0 Å². The lowest BCUT2D eigenvalue weighted by molar-refractivity contribution is -0.384. The summed E-state index contributed by atoms with van der Waals surface area (Å²) in [6.45, 7) is 3.64. The summed E-state index contributed by atoms with van der Waals surface area (Å²) >= 11 is 14.2. The van der Waals surface area contributed by atoms with Crippen LogP contribution in [-0.2, 0) is 25.6 Å². The Morgan fingerprint density at radius 3 is 2.10 bits per heavy atom. The number of fused-ring (bicyclic) bond motifs is 4. The summed E-state index contributed by atoms with van der Waals surface area (Å²) in [4.78, 5) is 62.2. The van der Waals surface area contributed by atoms with Gasteiger partial charge >= 0.3 is 0 Å². The molecule has 268 valence electrons. The van der Waals surface area contributed by atoms with Gasteiger partial charge in [0.2, 0.25) is 17.6 Å². The number of nitrogens with zero attached hydrogens (tertiary/aromatic N) is 3. The molecule has 0 radical (unpaired) electrons. The van der Waals surface area contributed by atoms with Crippen molar-refractivity contribution in [3.63, 3.8) is 0 Å². The molecule has 1 saturated carbocycles. The van der Waals surface area contributed by atoms with Crippen LogP contribution >= 0.6 is 23.2 Å². The smallest absolute Gasteiger partial charge is 0.269 e. The van der Waals surface area contributed by atoms with Gasteiger partial charge in [0.1, 0.15) is 11.4 Å². The predicted octanol–water partition coefficient (Wildman–Crippen LogP) is 6.49. The van der Waals surface area contributed by atoms with Gasteiger partial charge in [-0.25, -0.2) is 26.9 Å². The first-order chi connectivity index (χ1) is 24.5. The average Bonchev–Trinajstić information content (AvgIpc) is 3.46. The van der Waals surface area contributed by atoms with Crippen molar-refractivity contribution in [3.8, 4) is 5.75 Å². The Balaban J connectivity index is 1.43. The molecule has 52 heavy (non-hydrogen) atoms. The van der Waals surface area contributed by atoms with Crippen molar-refractivity contribution in [2.75, 3.05) is 9.80 Å². The van der Waals surface area contributed by atoms with Gasteiger partial charge in [0, 0.05) is 23.6 Å². The standard InChI is InChI=1S/C35H22Cl2F5N3O7/c1-2-4-14-5-3-6-19(29(14)46)22-17-11-12-18-21(31(48)43(30(18)47)15-7-9-16(10-8-15)45(51)52)20(17)13-34(36)32(49)44(33(50)35(22,34)37)28-26(41)24(39)23(38)25(40)27(28)42/h2-3,5-11,18,20-22,46H,1,4,12-13H2. The molecular weight excluding hydrogens is 740 g/mol. The van der Waals surface area contributed by atoms with E-state index in [1.807, 2.05) is 0 Å². The topological polar surface area (TPSA) is 138 Å². The summed E-state index contributed by atoms with van der Waals surface area (Å²) in [5, 5.41) is 22.7. The van der Waals surface area contributed by atoms with E-state index in [4.69, 9.17) is 23.2 Å². The highest BCUT2D eigenvalue weighted by Gasteiger charge is 2.77. The Labute approximate surface area is 299 Å². The fraction of sp³-hybridized carbons (Fsp3) is 0.257. The van der Waals surface area contributed by atoms with Crippen LogP contribution < -0.4 is 9.80 Å². The van der Waals surface area contributed by atoms with Crippen LogP contribution in [0.25, 0.3) is 0 Å². The number of benzene rings is 3. The number of amides is 4. The van der Waals surface area contributed by atoms with Crippen LogP contribution in [0.4, 0.5) is 39.0 Å². The van der Waals surface area contributed by atoms with Gasteiger partial charge in [-0.05, 0) is 42.9 Å². The van der Waals surface area contributed by atoms with Gasteiger partial charge in [0.25, 0.3) is 17.5 Å². The summed E-state index contributed by atoms with van der Waals surface area (Å²) in [6.07, 6.45) is 2.14. The van der Waals surface area contributed by atoms with Gasteiger partial charge in [-0.1, -0.05) is 35.9 Å². The largest absolute Gasteiger partial charge is 0.507 e. The summed E-state index contributed by atoms with van der Waals surface area (Å²) in [7, 11) is 0. The highest BCUT2D eigenvalue weighted by atomic mass is 35.5. The molecule has 4 aliphatic rings. The minimum atomic E-state index is -2.81. The highest BCUT2D eigenvalue weighted by molar-refractivity contribution is 6.58. The average molecular weight is 762 g/mol. The second-order valence-electron chi connectivity index (χ2n) is 12.8. The third kappa shape index (κ3) is 4.47. The maximum Gasteiger partial charge on any atom is 0.269 e. The first-order valence-electron chi connectivity index (χ1n) is 15.5. The van der Waals surface area contributed by atoms with E-state index < -0.39 is 109 Å². The number of non-ortho nitro benzene ring substituents is 1. The number of allylic oxidation sites excluding steroid dienone is 3. The molecule has 0 aromatic heterocycles. The number of phenolic OH excluding ortho intramolecular Hbond substituents is 1. The van der Waals surface area contributed by atoms with Gasteiger partial charge in [0.05, 0.1) is 22.4 Å². The molecule has 2 aliphatic carbocycles. The van der Waals surface area contributed by atoms with E-state index in [0.717, 1.165) is 17.0 Å². The third-order valence-electron chi connectivity index (χ3n) is 10.4. The number of hydrogen-bond donors (Lipinski definition) is 1. The van der Waals surface area contributed by atoms with Crippen LogP contribution in [0.3, 0.4) is 0 Å². The van der Waals surface area contributed by atoms with Gasteiger partial charge in [0.15, 0.2) is 33.0 Å². The number of imide groups is 2. The number of rotatable bonds is 6. The lowest BCUT2D eigenvalue weighted by Crippen LogP contribution is -2.60. The second kappa shape index (κ2) is 12.0. The normalized spacial score (nSPS) is 28.1. The van der Waals surface area contributed by atoms with Crippen LogP contribution in [0.1, 0.15) is 29.9 Å². The Morgan fingerprint density at radius 1 is 0.885 bits per heavy atom. The Morgan fingerprint density at radius 2 is 1.50 bits per heavy atom. The van der Waals surface area contributed by atoms with Crippen molar-refractivity contribution >= 4 is 63.9 Å². The number of nitro groups is 1. The molecule has 3 fully saturated rings. The summed E-state index contributed by atoms with van der Waals surface area (Å²) in [5.41, 5.74) is -1.97. The first-order valence-corrected chi connectivity index (χ1v) is 16.3. The fourth-order valence-corrected chi connectivity index (χ4v) is 8.98. The van der Waals surface area contributed by atoms with Crippen molar-refractivity contribution in [1.82, 2.24) is 0 Å². The molecule has 2 aliphatic heterocycles. The Bertz CT molecular complexity index is 2190. The molecule has 1 N–H and O–H groups in total. The predicted molar refractivity (Wildman–Crippen MR) is 174 cm³/mol. The quantitative estimate of drug-likeness (QED) is 0.0443. The highest BCUT2D eigenvalue weighted by Crippen LogP contribution is 2.67. The lowest BCUT2D eigenvalue weighted by Gasteiger charge is -2.50. The number of nitro benzene ring substituents is 1. The van der Waals surface area contributed by atoms with Crippen molar-refractivity contribution in [2.45, 2.75) is 34.9 Å². The van der Waals surface area contributed by atoms with Crippen LogP contribution in [0.5, 0.6) is 5.75 Å². The van der Waals surface area contributed by atoms with E-state index in [1.54, 1.807) is 0 Å². The summed E-state index contributed by atoms with van der Waals surface area (Å²) in [6, 6.07) is 8.86. The molecule has 17 heteroatoms. The number of hydrogen-bond acceptors (Lipinski definition) is 7. The zero-order valence-corrected chi connectivity index (χ0v) is 27.7. The maximum absolute atomic E-state index is 15.3. The lowest BCUT2D eigenvalue weighted by atomic mass is 9.56. The SMILES string of the molecule is C=CCc1cccc(C2C3=CCC4C(=O)N(c5ccc([N+](=O)[O-])cc5)C(=O)C4C3CC3(Cl)C(=O)N(c4c(F)c(F)c(F)c(F)c4F)C(=O)C23Cl)c1O. The van der Waals surface area contributed by atoms with E-state index in [0.29, 0.717) is 0 Å². The Kier molecular flexibility index (Phi) is 8.10. The van der Waals surface area contributed by atoms with Gasteiger partial charge in [-0.3, -0.25) is 34.2 Å². The summed E-state index contributed by atoms with van der Waals surface area (Å²) in [5.74, 6) is -23.1. The van der Waals surface area contributed by atoms with Gasteiger partial charge in [-0.15, -0.1) is 29.8 Å². The molecule has 6 unspecified atom stereocenters. The number of para-hydroxylation sites is 1. The number of anilines is 2. The number of phenols is 1. The summed E-state index contributed by atoms with van der Waals surface area (Å²) < 4.78 is 73.5. The molecule has 3 aromatic rings. The molecule has 3 aromatic carbocycles.